The van der Waals surface area contributed by atoms with Crippen molar-refractivity contribution < 1.29 is 0 Å². The third-order valence-corrected chi connectivity index (χ3v) is 3.96. The molecule has 0 aliphatic rings. The van der Waals surface area contributed by atoms with E-state index in [2.05, 4.69) is 63.2 Å². The number of hydrogen-bond acceptors (Lipinski definition) is 1. The first-order chi connectivity index (χ1) is 8.19. The highest BCUT2D eigenvalue weighted by Crippen LogP contribution is 2.29. The number of hydrogen-bond donors (Lipinski definition) is 0. The topological polar surface area (TPSA) is 0 Å². The molecule has 0 heterocycles. The molecule has 0 bridgehead atoms. The zero-order valence-corrected chi connectivity index (χ0v) is 11.5. The van der Waals surface area contributed by atoms with Crippen LogP contribution in [-0.4, -0.2) is 0 Å². The van der Waals surface area contributed by atoms with Gasteiger partial charge >= 0.3 is 0 Å². The van der Waals surface area contributed by atoms with E-state index in [1.807, 2.05) is 11.8 Å². The van der Waals surface area contributed by atoms with Crippen LogP contribution in [-0.2, 0) is 6.42 Å². The SMILES string of the molecule is CCc1cc(Sc2ccc(C)cc2)ccc1C. The molecule has 0 aliphatic carbocycles. The van der Waals surface area contributed by atoms with E-state index in [-0.39, 0.29) is 0 Å². The predicted octanol–water partition coefficient (Wildman–Crippen LogP) is 5.02. The summed E-state index contributed by atoms with van der Waals surface area (Å²) < 4.78 is 0. The predicted molar refractivity (Wildman–Crippen MR) is 75.9 cm³/mol. The van der Waals surface area contributed by atoms with Crippen molar-refractivity contribution in [1.82, 2.24) is 0 Å². The molecule has 88 valence electrons. The minimum atomic E-state index is 1.11. The van der Waals surface area contributed by atoms with Crippen molar-refractivity contribution in [2.24, 2.45) is 0 Å². The summed E-state index contributed by atoms with van der Waals surface area (Å²) in [5, 5.41) is 0. The van der Waals surface area contributed by atoms with E-state index >= 15 is 0 Å². The minimum absolute atomic E-state index is 1.11. The highest BCUT2D eigenvalue weighted by Gasteiger charge is 2.01. The van der Waals surface area contributed by atoms with Gasteiger partial charge in [-0.15, -0.1) is 0 Å². The van der Waals surface area contributed by atoms with Crippen molar-refractivity contribution >= 4 is 11.8 Å². The zero-order valence-electron chi connectivity index (χ0n) is 10.7. The first-order valence-corrected chi connectivity index (χ1v) is 6.84. The lowest BCUT2D eigenvalue weighted by Gasteiger charge is -2.07. The molecule has 0 atom stereocenters. The summed E-state index contributed by atoms with van der Waals surface area (Å²) in [7, 11) is 0. The van der Waals surface area contributed by atoms with Crippen molar-refractivity contribution in [2.45, 2.75) is 37.0 Å². The molecular weight excluding hydrogens is 224 g/mol. The van der Waals surface area contributed by atoms with Gasteiger partial charge in [0.05, 0.1) is 0 Å². The van der Waals surface area contributed by atoms with E-state index in [9.17, 15) is 0 Å². The molecular formula is C16H18S. The fourth-order valence-corrected chi connectivity index (χ4v) is 2.72. The van der Waals surface area contributed by atoms with Crippen molar-refractivity contribution in [3.05, 3.63) is 59.2 Å². The van der Waals surface area contributed by atoms with Crippen LogP contribution in [0.15, 0.2) is 52.3 Å². The number of benzene rings is 2. The van der Waals surface area contributed by atoms with E-state index in [1.54, 1.807) is 0 Å². The van der Waals surface area contributed by atoms with Gasteiger partial charge in [0.1, 0.15) is 0 Å². The molecule has 0 unspecified atom stereocenters. The maximum atomic E-state index is 2.31. The van der Waals surface area contributed by atoms with Gasteiger partial charge in [-0.1, -0.05) is 42.4 Å². The van der Waals surface area contributed by atoms with Gasteiger partial charge < -0.3 is 0 Å². The maximum Gasteiger partial charge on any atom is 0.0125 e. The van der Waals surface area contributed by atoms with Gasteiger partial charge in [-0.25, -0.2) is 0 Å². The Morgan fingerprint density at radius 2 is 1.53 bits per heavy atom. The van der Waals surface area contributed by atoms with Crippen molar-refractivity contribution in [3.63, 3.8) is 0 Å². The summed E-state index contributed by atoms with van der Waals surface area (Å²) in [5.74, 6) is 0. The number of aryl methyl sites for hydroxylation is 3. The quantitative estimate of drug-likeness (QED) is 0.728. The van der Waals surface area contributed by atoms with Crippen LogP contribution in [0.4, 0.5) is 0 Å². The van der Waals surface area contributed by atoms with Crippen LogP contribution in [0, 0.1) is 13.8 Å². The van der Waals surface area contributed by atoms with Crippen LogP contribution in [0.2, 0.25) is 0 Å². The molecule has 0 spiro atoms. The van der Waals surface area contributed by atoms with Crippen LogP contribution in [0.5, 0.6) is 0 Å². The smallest absolute Gasteiger partial charge is 0.0125 e. The Morgan fingerprint density at radius 3 is 2.18 bits per heavy atom. The highest BCUT2D eigenvalue weighted by molar-refractivity contribution is 7.99. The first-order valence-electron chi connectivity index (χ1n) is 6.03. The van der Waals surface area contributed by atoms with E-state index < -0.39 is 0 Å². The summed E-state index contributed by atoms with van der Waals surface area (Å²) in [6, 6.07) is 15.4. The van der Waals surface area contributed by atoms with Gasteiger partial charge in [0.15, 0.2) is 0 Å². The lowest BCUT2D eigenvalue weighted by molar-refractivity contribution is 1.09. The summed E-state index contributed by atoms with van der Waals surface area (Å²) in [6.07, 6.45) is 1.11. The molecule has 1 heteroatoms. The Kier molecular flexibility index (Phi) is 3.90. The lowest BCUT2D eigenvalue weighted by Crippen LogP contribution is -1.86. The Hall–Kier alpha value is -1.21. The molecule has 2 aromatic carbocycles. The van der Waals surface area contributed by atoms with E-state index in [4.69, 9.17) is 0 Å². The van der Waals surface area contributed by atoms with Gasteiger partial charge in [-0.3, -0.25) is 0 Å². The molecule has 0 N–H and O–H groups in total. The third kappa shape index (κ3) is 3.13. The molecule has 0 amide bonds. The first kappa shape index (κ1) is 12.3. The Bertz CT molecular complexity index is 497. The van der Waals surface area contributed by atoms with Crippen LogP contribution in [0.3, 0.4) is 0 Å². The standard InChI is InChI=1S/C16H18S/c1-4-14-11-16(10-7-13(14)3)17-15-8-5-12(2)6-9-15/h5-11H,4H2,1-3H3. The van der Waals surface area contributed by atoms with Crippen LogP contribution in [0.25, 0.3) is 0 Å². The van der Waals surface area contributed by atoms with Gasteiger partial charge in [-0.2, -0.15) is 0 Å². The highest BCUT2D eigenvalue weighted by atomic mass is 32.2. The molecule has 0 aromatic heterocycles. The average Bonchev–Trinajstić information content (AvgIpc) is 2.34. The Balaban J connectivity index is 2.21. The van der Waals surface area contributed by atoms with Crippen molar-refractivity contribution in [2.75, 3.05) is 0 Å². The monoisotopic (exact) mass is 242 g/mol. The molecule has 17 heavy (non-hydrogen) atoms. The van der Waals surface area contributed by atoms with Crippen molar-refractivity contribution in [1.29, 1.82) is 0 Å². The van der Waals surface area contributed by atoms with E-state index in [1.165, 1.54) is 26.5 Å². The molecule has 2 rings (SSSR count). The van der Waals surface area contributed by atoms with Gasteiger partial charge in [-0.05, 0) is 55.7 Å². The van der Waals surface area contributed by atoms with E-state index in [0.717, 1.165) is 6.42 Å². The minimum Gasteiger partial charge on any atom is -0.0901 e. The molecule has 0 nitrogen and oxygen atoms in total. The van der Waals surface area contributed by atoms with Gasteiger partial charge in [0.25, 0.3) is 0 Å². The summed E-state index contributed by atoms with van der Waals surface area (Å²) in [4.78, 5) is 2.64. The van der Waals surface area contributed by atoms with Crippen LogP contribution < -0.4 is 0 Å². The lowest BCUT2D eigenvalue weighted by atomic mass is 10.1. The Labute approximate surface area is 108 Å². The molecule has 0 saturated heterocycles. The third-order valence-electron chi connectivity index (χ3n) is 2.96. The molecule has 0 fully saturated rings. The van der Waals surface area contributed by atoms with Gasteiger partial charge in [0.2, 0.25) is 0 Å². The molecule has 0 aliphatic heterocycles. The second-order valence-corrected chi connectivity index (χ2v) is 5.50. The van der Waals surface area contributed by atoms with Crippen LogP contribution in [0.1, 0.15) is 23.6 Å². The summed E-state index contributed by atoms with van der Waals surface area (Å²) >= 11 is 1.83. The molecule has 0 saturated carbocycles. The molecule has 0 radical (unpaired) electrons. The second-order valence-electron chi connectivity index (χ2n) is 4.36. The Morgan fingerprint density at radius 1 is 0.882 bits per heavy atom. The fraction of sp³-hybridized carbons (Fsp3) is 0.250. The van der Waals surface area contributed by atoms with Gasteiger partial charge in [0, 0.05) is 9.79 Å². The van der Waals surface area contributed by atoms with E-state index in [0.29, 0.717) is 0 Å². The molecule has 2 aromatic rings. The maximum absolute atomic E-state index is 2.31. The average molecular weight is 242 g/mol. The zero-order chi connectivity index (χ0) is 12.3. The largest absolute Gasteiger partial charge is 0.0901 e. The second kappa shape index (κ2) is 5.42. The summed E-state index contributed by atoms with van der Waals surface area (Å²) in [6.45, 7) is 6.51. The normalized spacial score (nSPS) is 10.5. The van der Waals surface area contributed by atoms with Crippen LogP contribution >= 0.6 is 11.8 Å². The van der Waals surface area contributed by atoms with Crippen molar-refractivity contribution in [3.8, 4) is 0 Å². The summed E-state index contributed by atoms with van der Waals surface area (Å²) in [5.41, 5.74) is 4.15. The fourth-order valence-electron chi connectivity index (χ4n) is 1.83. The number of rotatable bonds is 3.